The number of hydrogen-bond acceptors (Lipinski definition) is 60. The lowest BCUT2D eigenvalue weighted by molar-refractivity contribution is -0.515. The van der Waals surface area contributed by atoms with Crippen LogP contribution < -0.4 is 0 Å². The van der Waals surface area contributed by atoms with Crippen molar-refractivity contribution in [1.29, 1.82) is 0 Å². The Bertz CT molecular complexity index is 2350. The summed E-state index contributed by atoms with van der Waals surface area (Å²) in [6, 6.07) is 0. The van der Waals surface area contributed by atoms with Crippen LogP contribution in [0.4, 0.5) is 0 Å². The lowest BCUT2D eigenvalue weighted by Gasteiger charge is -2.45. The van der Waals surface area contributed by atoms with Crippen LogP contribution in [0.3, 0.4) is 0 Å². The van der Waals surface area contributed by atoms with Gasteiger partial charge >= 0.3 is 0 Å². The van der Waals surface area contributed by atoms with Gasteiger partial charge in [-0.05, 0) is 0 Å². The van der Waals surface area contributed by atoms with E-state index in [1.54, 1.807) is 0 Å². The van der Waals surface area contributed by atoms with Gasteiger partial charge in [0.2, 0.25) is 62.9 Å². The predicted molar refractivity (Wildman–Crippen MR) is 337 cm³/mol. The highest BCUT2D eigenvalue weighted by Gasteiger charge is 2.60. The van der Waals surface area contributed by atoms with E-state index in [2.05, 4.69) is 0 Å². The number of aliphatic hydroxyl groups is 30. The van der Waals surface area contributed by atoms with Gasteiger partial charge in [0, 0.05) is 0 Å². The summed E-state index contributed by atoms with van der Waals surface area (Å²) in [5.74, 6) is 0. The summed E-state index contributed by atoms with van der Waals surface area (Å²) < 4.78 is 54.7. The average Bonchev–Trinajstić information content (AvgIpc) is 0.794. The maximum absolute atomic E-state index is 11.2. The Morgan fingerprint density at radius 3 is 0.250 bits per heavy atom. The van der Waals surface area contributed by atoms with E-state index in [-0.39, 0.29) is 0 Å². The summed E-state index contributed by atoms with van der Waals surface area (Å²) in [6.45, 7) is -11.3. The Hall–Kier alpha value is -2.40. The second-order valence-corrected chi connectivity index (χ2v) is 28.6. The highest BCUT2D eigenvalue weighted by molar-refractivity contribution is 4.99. The molecule has 0 radical (unpaired) electrons. The molecule has 30 N–H and O–H groups in total. The van der Waals surface area contributed by atoms with Crippen LogP contribution in [0.15, 0.2) is 0 Å². The first-order valence-corrected chi connectivity index (χ1v) is 36.8. The van der Waals surface area contributed by atoms with Gasteiger partial charge < -0.3 is 201 Å². The third-order valence-electron chi connectivity index (χ3n) is 20.8. The van der Waals surface area contributed by atoms with Gasteiger partial charge in [0.05, 0.1) is 66.1 Å². The van der Waals surface area contributed by atoms with Crippen LogP contribution >= 0.6 is 0 Å². The molecular weight excluding hydrogens is 1680 g/mol. The Labute approximate surface area is 670 Å². The molecule has 38 aliphatic rings. The molecule has 38 fully saturated rings. The third-order valence-corrected chi connectivity index (χ3v) is 20.8. The van der Waals surface area contributed by atoms with Gasteiger partial charge in [0.1, 0.15) is 244 Å². The first-order chi connectivity index (χ1) is 57.4. The second-order valence-electron chi connectivity index (χ2n) is 28.6. The number of ether oxygens (including phenoxy) is 10. The molecule has 0 spiro atoms. The zero-order valence-corrected chi connectivity index (χ0v) is 61.6. The molecule has 38 rings (SSSR count). The molecule has 0 aromatic heterocycles. The molecular formula is C60H100O60. The fourth-order valence-corrected chi connectivity index (χ4v) is 13.7. The molecule has 38 aliphatic heterocycles. The number of hydrogen-bond donors (Lipinski definition) is 30. The summed E-state index contributed by atoms with van der Waals surface area (Å²) in [7, 11) is 0. The Morgan fingerprint density at radius 2 is 0.183 bits per heavy atom. The quantitative estimate of drug-likeness (QED) is 0.0903. The van der Waals surface area contributed by atoms with Crippen molar-refractivity contribution in [3.8, 4) is 0 Å². The molecule has 0 aromatic rings. The summed E-state index contributed by atoms with van der Waals surface area (Å²) in [4.78, 5) is 103. The summed E-state index contributed by atoms with van der Waals surface area (Å²) >= 11 is 0. The topological polar surface area (TPSA) is 884 Å². The molecule has 20 bridgehead atoms. The van der Waals surface area contributed by atoms with Crippen molar-refractivity contribution in [2.75, 3.05) is 66.1 Å². The third kappa shape index (κ3) is 21.2. The average molecular weight is 1780 g/mol. The fraction of sp³-hybridized carbons (Fsp3) is 1.00. The van der Waals surface area contributed by atoms with Crippen molar-refractivity contribution in [3.63, 3.8) is 0 Å². The Kier molecular flexibility index (Phi) is 36.2. The molecule has 700 valence electrons. The summed E-state index contributed by atoms with van der Waals surface area (Å²) in [5, 5.41) is 326. The smallest absolute Gasteiger partial charge is 0.220 e. The van der Waals surface area contributed by atoms with Crippen molar-refractivity contribution < 1.29 is 298 Å². The molecule has 60 nitrogen and oxygen atoms in total. The van der Waals surface area contributed by atoms with E-state index in [1.165, 1.54) is 0 Å². The molecule has 0 saturated carbocycles. The molecule has 20 unspecified atom stereocenters. The molecule has 0 aromatic carbocycles. The van der Waals surface area contributed by atoms with Gasteiger partial charge in [-0.3, -0.25) is 0 Å². The number of aliphatic hydroxyl groups excluding tert-OH is 30. The highest BCUT2D eigenvalue weighted by atomic mass is 17.3. The van der Waals surface area contributed by atoms with Crippen LogP contribution in [0.25, 0.3) is 0 Å². The van der Waals surface area contributed by atoms with Crippen molar-refractivity contribution in [2.24, 2.45) is 0 Å². The van der Waals surface area contributed by atoms with Crippen molar-refractivity contribution in [1.82, 2.24) is 0 Å². The van der Waals surface area contributed by atoms with Crippen LogP contribution in [0, 0.1) is 0 Å². The zero-order valence-electron chi connectivity index (χ0n) is 61.6. The second kappa shape index (κ2) is 44.3. The van der Waals surface area contributed by atoms with Gasteiger partial charge in [-0.25, -0.2) is 97.8 Å². The van der Waals surface area contributed by atoms with Gasteiger partial charge in [0.15, 0.2) is 0 Å². The Balaban J connectivity index is 0.749. The van der Waals surface area contributed by atoms with E-state index in [9.17, 15) is 153 Å². The monoisotopic (exact) mass is 1780 g/mol. The van der Waals surface area contributed by atoms with Crippen molar-refractivity contribution in [3.05, 3.63) is 0 Å². The minimum Gasteiger partial charge on any atom is -0.394 e. The van der Waals surface area contributed by atoms with Crippen LogP contribution in [0.5, 0.6) is 0 Å². The maximum atomic E-state index is 11.2. The fourth-order valence-electron chi connectivity index (χ4n) is 13.7. The van der Waals surface area contributed by atoms with Gasteiger partial charge in [-0.1, -0.05) is 0 Å². The standard InChI is InChI=1S/C60H100O60/c61-1-11-41-21(71)31(81)51(91-11)111-102-42-12(2-62)93-53(33(83)23(42)73)113-104-44-14(4-64)95-55(35(85)25(44)75)115-106-46-16(6-66)97-57(37(87)27(46)77)117-108-48-18(8-68)99-59(39(89)29(48)79)119-110-50-20(10-70)100-60(40(90)30(50)80)120-109-49-19(9-69)98-58(38(88)28(49)78)118-107-47-17(7-67)96-56(36(86)26(47)76)116-105-45-15(5-65)94-54(34(84)24(45)74)114-103-43-13(3-63)92-52(112-101-41)32(82)22(43)72/h11-90H,1-10H2/t11?,12?,13?,14?,15?,16?,17?,18?,19?,20?,21-,22-,23-,24-,25-,26-,27-,28-,29-,30-,31+,32?,33?,34?,35?,36?,37?,38?,39?,40?,41-,42-,43-,44-,45-,46-,47-,48-,49-,50-,51?,52-,53-,54-,55-,56-,57-,58-,59-,60-/m1/s1. The normalized spacial score (nSPS) is 52.8. The van der Waals surface area contributed by atoms with E-state index in [1.807, 2.05) is 0 Å². The minimum absolute atomic E-state index is 1.13. The summed E-state index contributed by atoms with van der Waals surface area (Å²) in [6.07, 6.45) is -106. The van der Waals surface area contributed by atoms with Gasteiger partial charge in [0.25, 0.3) is 0 Å². The molecule has 120 heavy (non-hydrogen) atoms. The van der Waals surface area contributed by atoms with E-state index in [0.717, 1.165) is 0 Å². The SMILES string of the molecule is OCC1OC2OO[C@@H]3C(CO)O[C@H](OO[C@@H]4C(CO)O[C@H](OO[C@@H]5C(CO)O[C@H](OO[C@@H]6C(CO)O[C@H](OO[C@@H]7C(CO)O[C@H](OO[C@@H]8C(CO)O[C@H](OO[C@@H]9C(CO)O[C@H](OO[C@@H]%10C(CO)O[C@H](OO[C@@H]%11C(CO)O[C@H](OO[C@H]1[C@H](O)[C@@H]2O)C(O)[C@H]%11O)C(O)[C@H]%10O)C(O)[C@H]9O)C(O)[C@H]8O)C(O)[C@H]7O)C(O)[C@H]6O)C(O)[C@H]5O)C(O)[C@H]4O)C(O)[C@H]3O. The van der Waals surface area contributed by atoms with Crippen LogP contribution in [-0.2, 0) is 145 Å². The molecule has 60 heteroatoms. The van der Waals surface area contributed by atoms with Crippen LogP contribution in [0.2, 0.25) is 0 Å². The van der Waals surface area contributed by atoms with Gasteiger partial charge in [-0.2, -0.15) is 0 Å². The highest BCUT2D eigenvalue weighted by Crippen LogP contribution is 2.39. The predicted octanol–water partition coefficient (Wildman–Crippen LogP) is -22.4. The first-order valence-electron chi connectivity index (χ1n) is 36.8. The van der Waals surface area contributed by atoms with Crippen LogP contribution in [0.1, 0.15) is 0 Å². The first kappa shape index (κ1) is 98.2. The van der Waals surface area contributed by atoms with E-state index in [0.29, 0.717) is 0 Å². The molecule has 50 atom stereocenters. The zero-order chi connectivity index (χ0) is 87.2. The minimum atomic E-state index is -2.30. The van der Waals surface area contributed by atoms with E-state index >= 15 is 0 Å². The lowest BCUT2D eigenvalue weighted by Crippen LogP contribution is -2.64. The maximum Gasteiger partial charge on any atom is 0.220 e. The van der Waals surface area contributed by atoms with Crippen molar-refractivity contribution >= 4 is 0 Å². The largest absolute Gasteiger partial charge is 0.394 e. The molecule has 38 heterocycles. The van der Waals surface area contributed by atoms with E-state index in [4.69, 9.17) is 145 Å². The van der Waals surface area contributed by atoms with Gasteiger partial charge in [-0.15, -0.1) is 0 Å². The molecule has 0 amide bonds. The number of rotatable bonds is 10. The van der Waals surface area contributed by atoms with Crippen LogP contribution in [-0.4, -0.2) is 526 Å². The summed E-state index contributed by atoms with van der Waals surface area (Å²) in [5.41, 5.74) is 0. The molecule has 38 saturated heterocycles. The Morgan fingerprint density at radius 1 is 0.108 bits per heavy atom. The van der Waals surface area contributed by atoms with E-state index < -0.39 is 373 Å². The lowest BCUT2D eigenvalue weighted by atomic mass is 9.99. The van der Waals surface area contributed by atoms with Crippen molar-refractivity contribution in [2.45, 2.75) is 307 Å². The molecule has 0 aliphatic carbocycles.